The second kappa shape index (κ2) is 3.66. The predicted molar refractivity (Wildman–Crippen MR) is 42.1 cm³/mol. The van der Waals surface area contributed by atoms with Crippen LogP contribution in [0.1, 0.15) is 0 Å². The second-order valence-corrected chi connectivity index (χ2v) is 2.14. The molecule has 0 fully saturated rings. The Morgan fingerprint density at radius 1 is 1.83 bits per heavy atom. The van der Waals surface area contributed by atoms with Gasteiger partial charge in [0.15, 0.2) is 5.95 Å². The van der Waals surface area contributed by atoms with Crippen molar-refractivity contribution in [3.05, 3.63) is 24.4 Å². The van der Waals surface area contributed by atoms with Gasteiger partial charge in [-0.15, -0.1) is 0 Å². The number of aromatic nitrogens is 2. The number of aldehydes is 1. The number of carbonyl (C=O) groups is 1. The van der Waals surface area contributed by atoms with E-state index in [2.05, 4.69) is 10.3 Å². The zero-order valence-electron chi connectivity index (χ0n) is 6.49. The number of allylic oxidation sites excluding steroid dienone is 1. The summed E-state index contributed by atoms with van der Waals surface area (Å²) in [4.78, 5) is 13.6. The third kappa shape index (κ3) is 1.91. The highest BCUT2D eigenvalue weighted by Gasteiger charge is 1.99. The highest BCUT2D eigenvalue weighted by atomic mass is 19.1. The molecular weight excluding hydrogens is 161 g/mol. The lowest BCUT2D eigenvalue weighted by Gasteiger charge is -2.00. The standard InChI is InChI=1S/C7H8FN3O/c1-11-4-3-9-7(11)10-6(8)2-5-12/h2-5H,1H3,(H,9,10)/b6-2-. The van der Waals surface area contributed by atoms with Crippen LogP contribution >= 0.6 is 0 Å². The van der Waals surface area contributed by atoms with E-state index >= 15 is 0 Å². The molecule has 12 heavy (non-hydrogen) atoms. The smallest absolute Gasteiger partial charge is 0.208 e. The molecule has 1 N–H and O–H groups in total. The molecular formula is C7H8FN3O. The largest absolute Gasteiger partial charge is 0.320 e. The van der Waals surface area contributed by atoms with E-state index in [-0.39, 0.29) is 0 Å². The summed E-state index contributed by atoms with van der Waals surface area (Å²) in [5, 5.41) is 2.31. The predicted octanol–water partition coefficient (Wildman–Crippen LogP) is 0.842. The fourth-order valence-corrected chi connectivity index (χ4v) is 0.694. The molecule has 64 valence electrons. The topological polar surface area (TPSA) is 46.9 Å². The molecule has 1 heterocycles. The second-order valence-electron chi connectivity index (χ2n) is 2.14. The number of imidazole rings is 1. The first-order chi connectivity index (χ1) is 5.74. The molecule has 1 rings (SSSR count). The SMILES string of the molecule is Cn1ccnc1N/C(F)=C\C=O. The van der Waals surface area contributed by atoms with Crippen molar-refractivity contribution in [2.75, 3.05) is 5.32 Å². The third-order valence-electron chi connectivity index (χ3n) is 1.27. The molecule has 0 saturated heterocycles. The highest BCUT2D eigenvalue weighted by molar-refractivity contribution is 5.66. The van der Waals surface area contributed by atoms with E-state index in [1.165, 1.54) is 6.20 Å². The number of halogens is 1. The number of aryl methyl sites for hydroxylation is 1. The number of nitrogens with zero attached hydrogens (tertiary/aromatic N) is 2. The Balaban J connectivity index is 2.70. The van der Waals surface area contributed by atoms with Crippen molar-refractivity contribution in [3.8, 4) is 0 Å². The molecule has 0 unspecified atom stereocenters. The monoisotopic (exact) mass is 169 g/mol. The molecule has 1 aromatic heterocycles. The number of hydrogen-bond acceptors (Lipinski definition) is 3. The van der Waals surface area contributed by atoms with Gasteiger partial charge in [-0.25, -0.2) is 4.98 Å². The highest BCUT2D eigenvalue weighted by Crippen LogP contribution is 2.05. The summed E-state index contributed by atoms with van der Waals surface area (Å²) in [6.45, 7) is 0. The Labute approximate surface area is 68.7 Å². The van der Waals surface area contributed by atoms with Gasteiger partial charge < -0.3 is 9.88 Å². The maximum Gasteiger partial charge on any atom is 0.208 e. The molecule has 0 aliphatic carbocycles. The van der Waals surface area contributed by atoms with Crippen molar-refractivity contribution < 1.29 is 9.18 Å². The molecule has 0 aliphatic rings. The minimum absolute atomic E-state index is 0.352. The van der Waals surface area contributed by atoms with Crippen molar-refractivity contribution >= 4 is 12.2 Å². The van der Waals surface area contributed by atoms with Gasteiger partial charge in [0.1, 0.15) is 6.29 Å². The lowest BCUT2D eigenvalue weighted by Crippen LogP contribution is -2.01. The summed E-state index contributed by atoms with van der Waals surface area (Å²) in [5.41, 5.74) is 0. The molecule has 5 heteroatoms. The summed E-state index contributed by atoms with van der Waals surface area (Å²) in [6.07, 6.45) is 4.34. The van der Waals surface area contributed by atoms with Gasteiger partial charge in [0.05, 0.1) is 0 Å². The van der Waals surface area contributed by atoms with Crippen LogP contribution in [0.4, 0.5) is 10.3 Å². The van der Waals surface area contributed by atoms with E-state index < -0.39 is 5.95 Å². The first-order valence-electron chi connectivity index (χ1n) is 3.29. The molecule has 0 aromatic carbocycles. The van der Waals surface area contributed by atoms with Crippen LogP contribution in [0.15, 0.2) is 24.4 Å². The van der Waals surface area contributed by atoms with Gasteiger partial charge in [-0.1, -0.05) is 0 Å². The van der Waals surface area contributed by atoms with E-state index in [4.69, 9.17) is 0 Å². The average molecular weight is 169 g/mol. The van der Waals surface area contributed by atoms with E-state index in [0.29, 0.717) is 12.2 Å². The summed E-state index contributed by atoms with van der Waals surface area (Å²) in [6, 6.07) is 0. The van der Waals surface area contributed by atoms with Crippen LogP contribution in [0.2, 0.25) is 0 Å². The summed E-state index contributed by atoms with van der Waals surface area (Å²) in [5.74, 6) is -0.370. The third-order valence-corrected chi connectivity index (χ3v) is 1.27. The zero-order valence-corrected chi connectivity index (χ0v) is 6.49. The molecule has 0 saturated carbocycles. The Bertz CT molecular complexity index is 305. The van der Waals surface area contributed by atoms with E-state index in [1.54, 1.807) is 17.8 Å². The van der Waals surface area contributed by atoms with Gasteiger partial charge in [0.2, 0.25) is 5.95 Å². The molecule has 0 atom stereocenters. The summed E-state index contributed by atoms with van der Waals surface area (Å²) < 4.78 is 14.2. The van der Waals surface area contributed by atoms with Crippen LogP contribution in [-0.4, -0.2) is 15.8 Å². The first-order valence-corrected chi connectivity index (χ1v) is 3.29. The summed E-state index contributed by atoms with van der Waals surface area (Å²) >= 11 is 0. The van der Waals surface area contributed by atoms with Crippen LogP contribution in [0.3, 0.4) is 0 Å². The maximum atomic E-state index is 12.6. The normalized spacial score (nSPS) is 11.3. The maximum absolute atomic E-state index is 12.6. The fraction of sp³-hybridized carbons (Fsp3) is 0.143. The molecule has 4 nitrogen and oxygen atoms in total. The lowest BCUT2D eigenvalue weighted by molar-refractivity contribution is -0.104. The van der Waals surface area contributed by atoms with Crippen molar-refractivity contribution in [3.63, 3.8) is 0 Å². The minimum Gasteiger partial charge on any atom is -0.320 e. The molecule has 0 spiro atoms. The molecule has 1 aromatic rings. The quantitative estimate of drug-likeness (QED) is 0.414. The van der Waals surface area contributed by atoms with Gasteiger partial charge in [-0.05, 0) is 0 Å². The van der Waals surface area contributed by atoms with E-state index in [1.807, 2.05) is 0 Å². The first kappa shape index (κ1) is 8.45. The molecule has 0 amide bonds. The Morgan fingerprint density at radius 3 is 3.08 bits per heavy atom. The van der Waals surface area contributed by atoms with Gasteiger partial charge in [0.25, 0.3) is 0 Å². The average Bonchev–Trinajstić information content (AvgIpc) is 2.37. The number of nitrogens with one attached hydrogen (secondary N) is 1. The van der Waals surface area contributed by atoms with Gasteiger partial charge >= 0.3 is 0 Å². The van der Waals surface area contributed by atoms with Gasteiger partial charge in [-0.3, -0.25) is 4.79 Å². The number of carbonyl (C=O) groups excluding carboxylic acids is 1. The van der Waals surface area contributed by atoms with Crippen LogP contribution in [0.5, 0.6) is 0 Å². The van der Waals surface area contributed by atoms with Crippen LogP contribution in [0, 0.1) is 0 Å². The molecule has 0 aliphatic heterocycles. The fourth-order valence-electron chi connectivity index (χ4n) is 0.694. The van der Waals surface area contributed by atoms with E-state index in [0.717, 1.165) is 6.08 Å². The van der Waals surface area contributed by atoms with E-state index in [9.17, 15) is 9.18 Å². The minimum atomic E-state index is -0.723. The Morgan fingerprint density at radius 2 is 2.58 bits per heavy atom. The molecule has 0 radical (unpaired) electrons. The number of anilines is 1. The van der Waals surface area contributed by atoms with Gasteiger partial charge in [-0.2, -0.15) is 4.39 Å². The number of rotatable bonds is 3. The van der Waals surface area contributed by atoms with Crippen LogP contribution in [0.25, 0.3) is 0 Å². The Kier molecular flexibility index (Phi) is 2.57. The number of hydrogen-bond donors (Lipinski definition) is 1. The van der Waals surface area contributed by atoms with Crippen molar-refractivity contribution in [2.24, 2.45) is 7.05 Å². The zero-order chi connectivity index (χ0) is 8.97. The van der Waals surface area contributed by atoms with Crippen molar-refractivity contribution in [1.82, 2.24) is 9.55 Å². The lowest BCUT2D eigenvalue weighted by atomic mass is 10.6. The van der Waals surface area contributed by atoms with Crippen molar-refractivity contribution in [2.45, 2.75) is 0 Å². The Hall–Kier alpha value is -1.65. The molecule has 0 bridgehead atoms. The van der Waals surface area contributed by atoms with Crippen LogP contribution in [-0.2, 0) is 11.8 Å². The van der Waals surface area contributed by atoms with Crippen molar-refractivity contribution in [1.29, 1.82) is 0 Å². The van der Waals surface area contributed by atoms with Gasteiger partial charge in [0, 0.05) is 25.5 Å². The summed E-state index contributed by atoms with van der Waals surface area (Å²) in [7, 11) is 1.71. The van der Waals surface area contributed by atoms with Crippen LogP contribution < -0.4 is 5.32 Å².